The van der Waals surface area contributed by atoms with Crippen LogP contribution in [-0.2, 0) is 4.74 Å². The molecule has 0 aliphatic heterocycles. The quantitative estimate of drug-likeness (QED) is 0.713. The van der Waals surface area contributed by atoms with Gasteiger partial charge in [0.05, 0.1) is 23.5 Å². The summed E-state index contributed by atoms with van der Waals surface area (Å²) in [6, 6.07) is 4.06. The minimum absolute atomic E-state index is 0.0635. The molecule has 0 spiro atoms. The van der Waals surface area contributed by atoms with Crippen molar-refractivity contribution in [2.75, 3.05) is 17.7 Å². The molecule has 1 rings (SSSR count). The molecule has 98 valence electrons. The molecule has 0 radical (unpaired) electrons. The fourth-order valence-electron chi connectivity index (χ4n) is 1.20. The summed E-state index contributed by atoms with van der Waals surface area (Å²) in [5, 5.41) is 11.2. The maximum absolute atomic E-state index is 11.4. The zero-order valence-electron chi connectivity index (χ0n) is 10.3. The number of carbonyl (C=O) groups is 2. The first-order chi connectivity index (χ1) is 8.40. The number of aromatic carboxylic acids is 1. The van der Waals surface area contributed by atoms with Crippen LogP contribution in [0.1, 0.15) is 24.2 Å². The van der Waals surface area contributed by atoms with E-state index in [1.54, 1.807) is 0 Å². The lowest BCUT2D eigenvalue weighted by Crippen LogP contribution is -2.17. The molecule has 0 bridgehead atoms. The second kappa shape index (κ2) is 5.90. The van der Waals surface area contributed by atoms with Gasteiger partial charge in [-0.3, -0.25) is 5.32 Å². The number of carboxylic acid groups (broad SMARTS) is 1. The highest BCUT2D eigenvalue weighted by Gasteiger charge is 2.09. The molecule has 6 nitrogen and oxygen atoms in total. The van der Waals surface area contributed by atoms with Crippen molar-refractivity contribution < 1.29 is 19.4 Å². The van der Waals surface area contributed by atoms with Crippen molar-refractivity contribution in [3.8, 4) is 0 Å². The standard InChI is InChI=1S/C12H16N2O4/c1-7(2)6-18-12(17)14-10-4-3-8(11(15)16)5-9(10)13/h3-5,7H,6,13H2,1-2H3,(H,14,17)(H,15,16). The summed E-state index contributed by atoms with van der Waals surface area (Å²) in [7, 11) is 0. The zero-order chi connectivity index (χ0) is 13.7. The Bertz CT molecular complexity index is 457. The Morgan fingerprint density at radius 1 is 1.44 bits per heavy atom. The minimum Gasteiger partial charge on any atom is -0.478 e. The molecule has 0 fully saturated rings. The molecule has 6 heteroatoms. The summed E-state index contributed by atoms with van der Waals surface area (Å²) in [6.07, 6.45) is -0.613. The lowest BCUT2D eigenvalue weighted by Gasteiger charge is -2.10. The van der Waals surface area contributed by atoms with Crippen molar-refractivity contribution in [2.24, 2.45) is 5.92 Å². The molecule has 1 amide bonds. The summed E-state index contributed by atoms with van der Waals surface area (Å²) < 4.78 is 4.92. The van der Waals surface area contributed by atoms with Gasteiger partial charge in [0.25, 0.3) is 0 Å². The topological polar surface area (TPSA) is 102 Å². The minimum atomic E-state index is -1.07. The Morgan fingerprint density at radius 3 is 2.61 bits per heavy atom. The Labute approximate surface area is 105 Å². The number of nitrogens with one attached hydrogen (secondary N) is 1. The van der Waals surface area contributed by atoms with Crippen LogP contribution in [0.15, 0.2) is 18.2 Å². The number of carbonyl (C=O) groups excluding carboxylic acids is 1. The lowest BCUT2D eigenvalue weighted by atomic mass is 10.2. The number of anilines is 2. The van der Waals surface area contributed by atoms with Gasteiger partial charge in [-0.05, 0) is 24.1 Å². The van der Waals surface area contributed by atoms with Crippen LogP contribution in [0.3, 0.4) is 0 Å². The van der Waals surface area contributed by atoms with Crippen LogP contribution in [0, 0.1) is 5.92 Å². The molecule has 1 aromatic rings. The fraction of sp³-hybridized carbons (Fsp3) is 0.333. The van der Waals surface area contributed by atoms with Crippen LogP contribution in [0.2, 0.25) is 0 Å². The highest BCUT2D eigenvalue weighted by molar-refractivity contribution is 5.93. The molecular weight excluding hydrogens is 236 g/mol. The van der Waals surface area contributed by atoms with Crippen LogP contribution in [-0.4, -0.2) is 23.8 Å². The Kier molecular flexibility index (Phi) is 4.53. The summed E-state index contributed by atoms with van der Waals surface area (Å²) >= 11 is 0. The first-order valence-electron chi connectivity index (χ1n) is 5.46. The van der Waals surface area contributed by atoms with Crippen LogP contribution >= 0.6 is 0 Å². The van der Waals surface area contributed by atoms with E-state index < -0.39 is 12.1 Å². The van der Waals surface area contributed by atoms with E-state index in [9.17, 15) is 9.59 Å². The fourth-order valence-corrected chi connectivity index (χ4v) is 1.20. The average molecular weight is 252 g/mol. The molecule has 18 heavy (non-hydrogen) atoms. The number of rotatable bonds is 4. The van der Waals surface area contributed by atoms with Gasteiger partial charge >= 0.3 is 12.1 Å². The van der Waals surface area contributed by atoms with Crippen LogP contribution in [0.5, 0.6) is 0 Å². The third-order valence-electron chi connectivity index (χ3n) is 2.08. The van der Waals surface area contributed by atoms with E-state index in [0.717, 1.165) is 0 Å². The van der Waals surface area contributed by atoms with Crippen LogP contribution < -0.4 is 11.1 Å². The maximum Gasteiger partial charge on any atom is 0.411 e. The van der Waals surface area contributed by atoms with Gasteiger partial charge in [-0.2, -0.15) is 0 Å². The van der Waals surface area contributed by atoms with Crippen molar-refractivity contribution in [1.82, 2.24) is 0 Å². The van der Waals surface area contributed by atoms with Gasteiger partial charge in [-0.15, -0.1) is 0 Å². The van der Waals surface area contributed by atoms with Crippen molar-refractivity contribution >= 4 is 23.4 Å². The van der Waals surface area contributed by atoms with Gasteiger partial charge in [0.2, 0.25) is 0 Å². The number of nitrogens with two attached hydrogens (primary N) is 1. The van der Waals surface area contributed by atoms with Crippen molar-refractivity contribution in [1.29, 1.82) is 0 Å². The normalized spacial score (nSPS) is 10.2. The highest BCUT2D eigenvalue weighted by atomic mass is 16.5. The molecule has 0 aliphatic rings. The van der Waals surface area contributed by atoms with Crippen LogP contribution in [0.25, 0.3) is 0 Å². The third kappa shape index (κ3) is 3.97. The maximum atomic E-state index is 11.4. The first-order valence-corrected chi connectivity index (χ1v) is 5.46. The zero-order valence-corrected chi connectivity index (χ0v) is 10.3. The number of ether oxygens (including phenoxy) is 1. The Balaban J connectivity index is 2.68. The van der Waals surface area contributed by atoms with Crippen molar-refractivity contribution in [3.05, 3.63) is 23.8 Å². The first kappa shape index (κ1) is 13.8. The molecule has 0 saturated carbocycles. The van der Waals surface area contributed by atoms with E-state index in [2.05, 4.69) is 5.32 Å². The molecule has 0 saturated heterocycles. The predicted octanol–water partition coefficient (Wildman–Crippen LogP) is 2.17. The molecule has 1 aromatic carbocycles. The number of nitrogen functional groups attached to an aromatic ring is 1. The van der Waals surface area contributed by atoms with E-state index in [0.29, 0.717) is 12.3 Å². The largest absolute Gasteiger partial charge is 0.478 e. The van der Waals surface area contributed by atoms with Crippen molar-refractivity contribution in [3.63, 3.8) is 0 Å². The SMILES string of the molecule is CC(C)COC(=O)Nc1ccc(C(=O)O)cc1N. The average Bonchev–Trinajstić information content (AvgIpc) is 2.29. The highest BCUT2D eigenvalue weighted by Crippen LogP contribution is 2.20. The van der Waals surface area contributed by atoms with E-state index in [-0.39, 0.29) is 17.2 Å². The smallest absolute Gasteiger partial charge is 0.411 e. The van der Waals surface area contributed by atoms with E-state index >= 15 is 0 Å². The molecule has 0 unspecified atom stereocenters. The number of hydrogen-bond donors (Lipinski definition) is 3. The van der Waals surface area contributed by atoms with Crippen molar-refractivity contribution in [2.45, 2.75) is 13.8 Å². The lowest BCUT2D eigenvalue weighted by molar-refractivity contribution is 0.0697. The molecule has 0 aliphatic carbocycles. The van der Waals surface area contributed by atoms with Crippen LogP contribution in [0.4, 0.5) is 16.2 Å². The van der Waals surface area contributed by atoms with E-state index in [1.807, 2.05) is 13.8 Å². The number of benzene rings is 1. The number of carboxylic acids is 1. The second-order valence-corrected chi connectivity index (χ2v) is 4.22. The Hall–Kier alpha value is -2.24. The van der Waals surface area contributed by atoms with E-state index in [1.165, 1.54) is 18.2 Å². The molecule has 4 N–H and O–H groups in total. The van der Waals surface area contributed by atoms with Gasteiger partial charge in [-0.1, -0.05) is 13.8 Å². The molecular formula is C12H16N2O4. The Morgan fingerprint density at radius 2 is 2.11 bits per heavy atom. The summed E-state index contributed by atoms with van der Waals surface area (Å²) in [4.78, 5) is 22.1. The summed E-state index contributed by atoms with van der Waals surface area (Å²) in [6.45, 7) is 4.14. The third-order valence-corrected chi connectivity index (χ3v) is 2.08. The molecule has 0 aromatic heterocycles. The number of hydrogen-bond acceptors (Lipinski definition) is 4. The molecule has 0 atom stereocenters. The second-order valence-electron chi connectivity index (χ2n) is 4.22. The molecule has 0 heterocycles. The van der Waals surface area contributed by atoms with Gasteiger partial charge in [0, 0.05) is 0 Å². The van der Waals surface area contributed by atoms with Gasteiger partial charge in [-0.25, -0.2) is 9.59 Å². The summed E-state index contributed by atoms with van der Waals surface area (Å²) in [5.74, 6) is -0.835. The van der Waals surface area contributed by atoms with Gasteiger partial charge in [0.1, 0.15) is 0 Å². The predicted molar refractivity (Wildman–Crippen MR) is 67.6 cm³/mol. The number of amides is 1. The van der Waals surface area contributed by atoms with Gasteiger partial charge in [0.15, 0.2) is 0 Å². The monoisotopic (exact) mass is 252 g/mol. The summed E-state index contributed by atoms with van der Waals surface area (Å²) in [5.41, 5.74) is 6.20. The van der Waals surface area contributed by atoms with E-state index in [4.69, 9.17) is 15.6 Å². The van der Waals surface area contributed by atoms with Gasteiger partial charge < -0.3 is 15.6 Å².